The first-order valence-electron chi connectivity index (χ1n) is 6.27. The van der Waals surface area contributed by atoms with Crippen molar-refractivity contribution >= 4 is 23.4 Å². The molecule has 0 spiro atoms. The van der Waals surface area contributed by atoms with Crippen LogP contribution in [0.2, 0.25) is 0 Å². The molecule has 2 atom stereocenters. The monoisotopic (exact) mass is 263 g/mol. The van der Waals surface area contributed by atoms with Crippen molar-refractivity contribution in [2.45, 2.75) is 23.9 Å². The van der Waals surface area contributed by atoms with E-state index in [1.807, 2.05) is 0 Å². The Hall–Kier alpha value is -1.04. The van der Waals surface area contributed by atoms with Gasteiger partial charge >= 0.3 is 0 Å². The quantitative estimate of drug-likeness (QED) is 0.716. The minimum absolute atomic E-state index is 0.0902. The number of amides is 1. The van der Waals surface area contributed by atoms with Gasteiger partial charge in [-0.2, -0.15) is 0 Å². The number of carbonyl (C=O) groups is 1. The summed E-state index contributed by atoms with van der Waals surface area (Å²) < 4.78 is 0. The van der Waals surface area contributed by atoms with Gasteiger partial charge in [-0.25, -0.2) is 0 Å². The van der Waals surface area contributed by atoms with Gasteiger partial charge < -0.3 is 16.0 Å². The largest absolute Gasteiger partial charge is 0.324 e. The van der Waals surface area contributed by atoms with Crippen molar-refractivity contribution < 1.29 is 4.79 Å². The van der Waals surface area contributed by atoms with Crippen LogP contribution in [0.15, 0.2) is 23.1 Å². The molecule has 0 bridgehead atoms. The Bertz CT molecular complexity index is 477. The summed E-state index contributed by atoms with van der Waals surface area (Å²) in [4.78, 5) is 12.6. The van der Waals surface area contributed by atoms with E-state index in [1.54, 1.807) is 11.8 Å². The SMILES string of the molecule is CC1NCCNC1c1ccc2c(c1)NC(=O)CS2. The van der Waals surface area contributed by atoms with Crippen LogP contribution >= 0.6 is 11.8 Å². The Balaban J connectivity index is 1.89. The maximum absolute atomic E-state index is 11.4. The molecule has 2 aliphatic rings. The molecule has 0 aromatic heterocycles. The molecular formula is C13H17N3OS. The number of fused-ring (bicyclic) bond motifs is 1. The molecule has 1 amide bonds. The van der Waals surface area contributed by atoms with Gasteiger partial charge in [-0.1, -0.05) is 6.07 Å². The zero-order chi connectivity index (χ0) is 12.5. The number of benzene rings is 1. The topological polar surface area (TPSA) is 53.2 Å². The summed E-state index contributed by atoms with van der Waals surface area (Å²) in [7, 11) is 0. The molecule has 2 unspecified atom stereocenters. The number of hydrogen-bond acceptors (Lipinski definition) is 4. The first-order valence-corrected chi connectivity index (χ1v) is 7.26. The Labute approximate surface area is 111 Å². The smallest absolute Gasteiger partial charge is 0.234 e. The van der Waals surface area contributed by atoms with Crippen LogP contribution in [-0.2, 0) is 4.79 Å². The zero-order valence-corrected chi connectivity index (χ0v) is 11.1. The van der Waals surface area contributed by atoms with Gasteiger partial charge in [0.15, 0.2) is 0 Å². The van der Waals surface area contributed by atoms with Crippen molar-refractivity contribution in [3.05, 3.63) is 23.8 Å². The summed E-state index contributed by atoms with van der Waals surface area (Å²) in [5, 5.41) is 9.93. The molecule has 0 saturated carbocycles. The molecule has 18 heavy (non-hydrogen) atoms. The molecule has 1 saturated heterocycles. The first-order chi connectivity index (χ1) is 8.74. The number of piperazine rings is 1. The summed E-state index contributed by atoms with van der Waals surface area (Å²) in [6.45, 7) is 4.17. The maximum Gasteiger partial charge on any atom is 0.234 e. The van der Waals surface area contributed by atoms with Crippen molar-refractivity contribution in [1.29, 1.82) is 0 Å². The minimum Gasteiger partial charge on any atom is -0.324 e. The Morgan fingerprint density at radius 3 is 2.94 bits per heavy atom. The van der Waals surface area contributed by atoms with Gasteiger partial charge in [0, 0.05) is 30.1 Å². The van der Waals surface area contributed by atoms with E-state index in [9.17, 15) is 4.79 Å². The lowest BCUT2D eigenvalue weighted by atomic mass is 9.98. The van der Waals surface area contributed by atoms with E-state index in [0.29, 0.717) is 17.8 Å². The Morgan fingerprint density at radius 2 is 2.11 bits per heavy atom. The predicted molar refractivity (Wildman–Crippen MR) is 74.0 cm³/mol. The highest BCUT2D eigenvalue weighted by atomic mass is 32.2. The molecule has 0 aliphatic carbocycles. The molecule has 3 rings (SSSR count). The summed E-state index contributed by atoms with van der Waals surface area (Å²) in [6.07, 6.45) is 0. The third kappa shape index (κ3) is 2.25. The molecule has 1 aromatic carbocycles. The fourth-order valence-corrected chi connectivity index (χ4v) is 3.31. The van der Waals surface area contributed by atoms with Gasteiger partial charge in [0.1, 0.15) is 0 Å². The highest BCUT2D eigenvalue weighted by Gasteiger charge is 2.23. The van der Waals surface area contributed by atoms with Crippen LogP contribution in [-0.4, -0.2) is 30.8 Å². The Kier molecular flexibility index (Phi) is 3.28. The van der Waals surface area contributed by atoms with Crippen LogP contribution in [0.25, 0.3) is 0 Å². The van der Waals surface area contributed by atoms with Crippen molar-refractivity contribution in [3.8, 4) is 0 Å². The molecule has 2 heterocycles. The van der Waals surface area contributed by atoms with Crippen molar-refractivity contribution in [1.82, 2.24) is 10.6 Å². The second-order valence-corrected chi connectivity index (χ2v) is 5.78. The number of hydrogen-bond donors (Lipinski definition) is 3. The van der Waals surface area contributed by atoms with Gasteiger partial charge in [0.25, 0.3) is 0 Å². The van der Waals surface area contributed by atoms with Crippen LogP contribution < -0.4 is 16.0 Å². The molecule has 3 N–H and O–H groups in total. The summed E-state index contributed by atoms with van der Waals surface area (Å²) in [5.41, 5.74) is 2.18. The predicted octanol–water partition coefficient (Wildman–Crippen LogP) is 1.35. The lowest BCUT2D eigenvalue weighted by molar-refractivity contribution is -0.113. The van der Waals surface area contributed by atoms with Gasteiger partial charge in [-0.15, -0.1) is 11.8 Å². The van der Waals surface area contributed by atoms with E-state index in [-0.39, 0.29) is 5.91 Å². The number of thioether (sulfide) groups is 1. The summed E-state index contributed by atoms with van der Waals surface area (Å²) in [5.74, 6) is 0.610. The molecule has 2 aliphatic heterocycles. The van der Waals surface area contributed by atoms with Crippen LogP contribution in [0.5, 0.6) is 0 Å². The van der Waals surface area contributed by atoms with Crippen LogP contribution in [0.1, 0.15) is 18.5 Å². The van der Waals surface area contributed by atoms with E-state index in [1.165, 1.54) is 5.56 Å². The third-order valence-electron chi connectivity index (χ3n) is 3.45. The average molecular weight is 263 g/mol. The molecule has 4 nitrogen and oxygen atoms in total. The second kappa shape index (κ2) is 4.91. The van der Waals surface area contributed by atoms with Gasteiger partial charge in [-0.05, 0) is 24.6 Å². The van der Waals surface area contributed by atoms with Gasteiger partial charge in [0.2, 0.25) is 5.91 Å². The zero-order valence-electron chi connectivity index (χ0n) is 10.3. The molecule has 96 valence electrons. The summed E-state index contributed by atoms with van der Waals surface area (Å²) >= 11 is 1.60. The lowest BCUT2D eigenvalue weighted by Gasteiger charge is -2.32. The minimum atomic E-state index is 0.0902. The molecular weight excluding hydrogens is 246 g/mol. The second-order valence-electron chi connectivity index (χ2n) is 4.77. The van der Waals surface area contributed by atoms with Gasteiger partial charge in [-0.3, -0.25) is 4.79 Å². The van der Waals surface area contributed by atoms with Crippen LogP contribution in [0.3, 0.4) is 0 Å². The first kappa shape index (κ1) is 12.0. The van der Waals surface area contributed by atoms with Crippen molar-refractivity contribution in [2.24, 2.45) is 0 Å². The molecule has 0 radical (unpaired) electrons. The maximum atomic E-state index is 11.4. The normalized spacial score (nSPS) is 27.5. The summed E-state index contributed by atoms with van der Waals surface area (Å²) in [6, 6.07) is 7.08. The van der Waals surface area contributed by atoms with Crippen LogP contribution in [0, 0.1) is 0 Å². The third-order valence-corrected chi connectivity index (χ3v) is 4.52. The lowest BCUT2D eigenvalue weighted by Crippen LogP contribution is -2.49. The fourth-order valence-electron chi connectivity index (χ4n) is 2.52. The average Bonchev–Trinajstić information content (AvgIpc) is 2.38. The fraction of sp³-hybridized carbons (Fsp3) is 0.462. The standard InChI is InChI=1S/C13H17N3OS/c1-8-13(15-5-4-14-8)9-2-3-11-10(6-9)16-12(17)7-18-11/h2-3,6,8,13-15H,4-5,7H2,1H3,(H,16,17). The van der Waals surface area contributed by atoms with E-state index in [4.69, 9.17) is 0 Å². The number of anilines is 1. The van der Waals surface area contributed by atoms with E-state index >= 15 is 0 Å². The van der Waals surface area contributed by atoms with Crippen molar-refractivity contribution in [2.75, 3.05) is 24.2 Å². The number of carbonyl (C=O) groups excluding carboxylic acids is 1. The highest BCUT2D eigenvalue weighted by molar-refractivity contribution is 8.00. The number of rotatable bonds is 1. The van der Waals surface area contributed by atoms with Crippen molar-refractivity contribution in [3.63, 3.8) is 0 Å². The molecule has 5 heteroatoms. The number of nitrogens with one attached hydrogen (secondary N) is 3. The molecule has 1 aromatic rings. The molecule has 1 fully saturated rings. The highest BCUT2D eigenvalue weighted by Crippen LogP contribution is 2.34. The van der Waals surface area contributed by atoms with E-state index in [0.717, 1.165) is 23.7 Å². The van der Waals surface area contributed by atoms with Gasteiger partial charge in [0.05, 0.1) is 11.4 Å². The Morgan fingerprint density at radius 1 is 1.28 bits per heavy atom. The van der Waals surface area contributed by atoms with E-state index in [2.05, 4.69) is 41.1 Å². The van der Waals surface area contributed by atoms with E-state index < -0.39 is 0 Å². The van der Waals surface area contributed by atoms with Crippen LogP contribution in [0.4, 0.5) is 5.69 Å².